The van der Waals surface area contributed by atoms with Crippen molar-refractivity contribution in [3.8, 4) is 5.75 Å². The molecule has 0 bridgehead atoms. The number of benzene rings is 3. The first-order valence-corrected chi connectivity index (χ1v) is 14.0. The lowest BCUT2D eigenvalue weighted by Crippen LogP contribution is -2.42. The number of hydrogen-bond donors (Lipinski definition) is 1. The van der Waals surface area contributed by atoms with Gasteiger partial charge in [0.1, 0.15) is 5.82 Å². The number of methoxy groups -OCH3 is 1. The van der Waals surface area contributed by atoms with Crippen LogP contribution in [0.1, 0.15) is 37.0 Å². The molecule has 1 heterocycles. The van der Waals surface area contributed by atoms with Gasteiger partial charge in [0.15, 0.2) is 11.6 Å². The van der Waals surface area contributed by atoms with Crippen molar-refractivity contribution in [1.29, 1.82) is 0 Å². The number of carboxylic acids is 1. The van der Waals surface area contributed by atoms with E-state index in [1.54, 1.807) is 44.2 Å². The minimum absolute atomic E-state index is 0.0258. The summed E-state index contributed by atoms with van der Waals surface area (Å²) >= 11 is 6.13. The van der Waals surface area contributed by atoms with E-state index in [1.807, 2.05) is 0 Å². The number of carboxylic acid groups (broad SMARTS) is 1. The third-order valence-electron chi connectivity index (χ3n) is 6.84. The van der Waals surface area contributed by atoms with Gasteiger partial charge >= 0.3 is 5.97 Å². The van der Waals surface area contributed by atoms with Gasteiger partial charge in [-0.25, -0.2) is 17.2 Å². The van der Waals surface area contributed by atoms with Crippen LogP contribution in [0.4, 0.5) is 14.5 Å². The summed E-state index contributed by atoms with van der Waals surface area (Å²) in [6.07, 6.45) is 3.86. The summed E-state index contributed by atoms with van der Waals surface area (Å²) in [6.45, 7) is 3.24. The molecule has 10 heteroatoms. The zero-order valence-electron chi connectivity index (χ0n) is 21.6. The van der Waals surface area contributed by atoms with E-state index in [4.69, 9.17) is 16.3 Å². The summed E-state index contributed by atoms with van der Waals surface area (Å²) in [5.74, 6) is -2.67. The van der Waals surface area contributed by atoms with Crippen LogP contribution in [-0.4, -0.2) is 33.1 Å². The number of aliphatic carboxylic acids is 1. The lowest BCUT2D eigenvalue weighted by molar-refractivity contribution is -0.147. The zero-order valence-corrected chi connectivity index (χ0v) is 23.2. The minimum atomic E-state index is -4.20. The van der Waals surface area contributed by atoms with Gasteiger partial charge in [0, 0.05) is 18.2 Å². The SMILES string of the molecule is COc1cc(S(=O)(=O)N2C[C@H](CC(C)(C)C(=O)O)Cc3ccc(/C=C/c4c(F)cccc4Cl)cc32)ccc1F. The molecule has 3 aromatic rings. The number of hydrogen-bond acceptors (Lipinski definition) is 4. The van der Waals surface area contributed by atoms with Crippen molar-refractivity contribution < 1.29 is 31.8 Å². The van der Waals surface area contributed by atoms with Gasteiger partial charge in [0.05, 0.1) is 28.1 Å². The first-order chi connectivity index (χ1) is 18.3. The average Bonchev–Trinajstić information content (AvgIpc) is 2.87. The van der Waals surface area contributed by atoms with E-state index in [1.165, 1.54) is 35.7 Å². The Hall–Kier alpha value is -3.43. The molecule has 1 aliphatic heterocycles. The monoisotopic (exact) mass is 575 g/mol. The molecule has 0 aromatic heterocycles. The molecular formula is C29H28ClF2NO5S. The van der Waals surface area contributed by atoms with Crippen LogP contribution in [0.3, 0.4) is 0 Å². The molecule has 0 amide bonds. The maximum Gasteiger partial charge on any atom is 0.309 e. The van der Waals surface area contributed by atoms with Gasteiger partial charge in [0.25, 0.3) is 10.0 Å². The molecule has 0 radical (unpaired) electrons. The molecule has 1 atom stereocenters. The topological polar surface area (TPSA) is 83.9 Å². The third kappa shape index (κ3) is 5.94. The van der Waals surface area contributed by atoms with Crippen LogP contribution in [0.25, 0.3) is 12.2 Å². The fourth-order valence-electron chi connectivity index (χ4n) is 4.75. The van der Waals surface area contributed by atoms with Crippen molar-refractivity contribution in [2.45, 2.75) is 31.6 Å². The lowest BCUT2D eigenvalue weighted by atomic mass is 9.79. The van der Waals surface area contributed by atoms with E-state index >= 15 is 0 Å². The fraction of sp³-hybridized carbons (Fsp3) is 0.276. The Labute approximate surface area is 231 Å². The maximum absolute atomic E-state index is 14.3. The number of anilines is 1. The van der Waals surface area contributed by atoms with Gasteiger partial charge < -0.3 is 9.84 Å². The average molecular weight is 576 g/mol. The van der Waals surface area contributed by atoms with Gasteiger partial charge in [-0.2, -0.15) is 0 Å². The Kier molecular flexibility index (Phi) is 8.04. The van der Waals surface area contributed by atoms with Crippen LogP contribution < -0.4 is 9.04 Å². The maximum atomic E-state index is 14.3. The summed E-state index contributed by atoms with van der Waals surface area (Å²) in [4.78, 5) is 11.6. The molecule has 0 aliphatic carbocycles. The second kappa shape index (κ2) is 11.0. The first-order valence-electron chi connectivity index (χ1n) is 12.2. The van der Waals surface area contributed by atoms with Crippen LogP contribution in [0.15, 0.2) is 59.5 Å². The number of nitrogens with zero attached hydrogens (tertiary/aromatic N) is 1. The molecule has 206 valence electrons. The van der Waals surface area contributed by atoms with Crippen molar-refractivity contribution in [2.75, 3.05) is 18.0 Å². The smallest absolute Gasteiger partial charge is 0.309 e. The molecule has 0 spiro atoms. The molecule has 0 fully saturated rings. The number of ether oxygens (including phenoxy) is 1. The molecule has 3 aromatic carbocycles. The molecule has 0 saturated heterocycles. The molecule has 6 nitrogen and oxygen atoms in total. The summed E-state index contributed by atoms with van der Waals surface area (Å²) in [7, 11) is -2.95. The van der Waals surface area contributed by atoms with E-state index in [0.717, 1.165) is 12.1 Å². The van der Waals surface area contributed by atoms with Crippen molar-refractivity contribution in [2.24, 2.45) is 11.3 Å². The number of rotatable bonds is 8. The van der Waals surface area contributed by atoms with E-state index < -0.39 is 33.0 Å². The van der Waals surface area contributed by atoms with Crippen molar-refractivity contribution in [3.63, 3.8) is 0 Å². The van der Waals surface area contributed by atoms with Crippen LogP contribution in [-0.2, 0) is 21.2 Å². The fourth-order valence-corrected chi connectivity index (χ4v) is 6.56. The zero-order chi connectivity index (χ0) is 28.5. The van der Waals surface area contributed by atoms with E-state index in [-0.39, 0.29) is 40.1 Å². The highest BCUT2D eigenvalue weighted by Crippen LogP contribution is 2.40. The first kappa shape index (κ1) is 28.6. The predicted molar refractivity (Wildman–Crippen MR) is 147 cm³/mol. The Balaban J connectivity index is 1.79. The Bertz CT molecular complexity index is 1530. The normalized spacial score (nSPS) is 15.8. The summed E-state index contributed by atoms with van der Waals surface area (Å²) < 4.78 is 62.3. The Morgan fingerprint density at radius 1 is 1.13 bits per heavy atom. The van der Waals surface area contributed by atoms with Gasteiger partial charge in [-0.05, 0) is 80.1 Å². The highest BCUT2D eigenvalue weighted by atomic mass is 35.5. The standard InChI is InChI=1S/C29H28ClF2NO5S/c1-29(2,28(34)35)16-19-13-20-9-7-18(8-11-22-23(30)5-4-6-24(22)31)14-26(20)33(17-19)39(36,37)21-10-12-25(32)27(15-21)38-3/h4-12,14-15,19H,13,16-17H2,1-3H3,(H,34,35)/b11-8+/t19-/m0/s1. The van der Waals surface area contributed by atoms with Gasteiger partial charge in [-0.3, -0.25) is 9.10 Å². The second-order valence-electron chi connectivity index (χ2n) is 10.2. The minimum Gasteiger partial charge on any atom is -0.494 e. The Morgan fingerprint density at radius 2 is 1.87 bits per heavy atom. The summed E-state index contributed by atoms with van der Waals surface area (Å²) in [5, 5.41) is 9.90. The van der Waals surface area contributed by atoms with Gasteiger partial charge in [-0.15, -0.1) is 0 Å². The van der Waals surface area contributed by atoms with Crippen LogP contribution in [0.2, 0.25) is 5.02 Å². The number of sulfonamides is 1. The summed E-state index contributed by atoms with van der Waals surface area (Å²) in [5.41, 5.74) is 0.860. The molecule has 1 aliphatic rings. The summed E-state index contributed by atoms with van der Waals surface area (Å²) in [6, 6.07) is 12.9. The van der Waals surface area contributed by atoms with Crippen molar-refractivity contribution in [3.05, 3.63) is 87.9 Å². The van der Waals surface area contributed by atoms with Crippen LogP contribution in [0, 0.1) is 23.0 Å². The molecule has 39 heavy (non-hydrogen) atoms. The predicted octanol–water partition coefficient (Wildman–Crippen LogP) is 6.67. The quantitative estimate of drug-likeness (QED) is 0.303. The van der Waals surface area contributed by atoms with E-state index in [2.05, 4.69) is 0 Å². The molecular weight excluding hydrogens is 548 g/mol. The molecule has 0 unspecified atom stereocenters. The van der Waals surface area contributed by atoms with Crippen molar-refractivity contribution >= 4 is 45.4 Å². The molecule has 1 N–H and O–H groups in total. The lowest BCUT2D eigenvalue weighted by Gasteiger charge is -2.37. The second-order valence-corrected chi connectivity index (χ2v) is 12.4. The van der Waals surface area contributed by atoms with Crippen LogP contribution >= 0.6 is 11.6 Å². The largest absolute Gasteiger partial charge is 0.494 e. The number of carbonyl (C=O) groups is 1. The third-order valence-corrected chi connectivity index (χ3v) is 8.95. The Morgan fingerprint density at radius 3 is 2.54 bits per heavy atom. The van der Waals surface area contributed by atoms with Crippen molar-refractivity contribution in [1.82, 2.24) is 0 Å². The van der Waals surface area contributed by atoms with E-state index in [9.17, 15) is 27.1 Å². The molecule has 0 saturated carbocycles. The number of halogens is 3. The number of fused-ring (bicyclic) bond motifs is 1. The highest BCUT2D eigenvalue weighted by Gasteiger charge is 2.38. The molecule has 4 rings (SSSR count). The van der Waals surface area contributed by atoms with Gasteiger partial charge in [0.2, 0.25) is 0 Å². The van der Waals surface area contributed by atoms with E-state index in [0.29, 0.717) is 23.2 Å². The van der Waals surface area contributed by atoms with Gasteiger partial charge in [-0.1, -0.05) is 35.9 Å². The highest BCUT2D eigenvalue weighted by molar-refractivity contribution is 7.92. The van der Waals surface area contributed by atoms with Crippen LogP contribution in [0.5, 0.6) is 5.75 Å².